The Kier molecular flexibility index (Phi) is 5.53. The fourth-order valence-electron chi connectivity index (χ4n) is 3.19. The number of likely N-dealkylation sites (N-methyl/N-ethyl adjacent to an activating group) is 1. The zero-order valence-corrected chi connectivity index (χ0v) is 16.2. The van der Waals surface area contributed by atoms with Crippen molar-refractivity contribution in [1.82, 2.24) is 4.98 Å². The topological polar surface area (TPSA) is 53.5 Å². The Bertz CT molecular complexity index is 980. The number of anilines is 2. The molecular formula is C19H16ClF4N3O2. The molecular weight excluding hydrogens is 414 g/mol. The lowest BCUT2D eigenvalue weighted by Gasteiger charge is -2.28. The van der Waals surface area contributed by atoms with Crippen LogP contribution in [0.2, 0.25) is 5.02 Å². The molecule has 0 radical (unpaired) electrons. The van der Waals surface area contributed by atoms with E-state index in [0.29, 0.717) is 0 Å². The zero-order valence-electron chi connectivity index (χ0n) is 15.4. The Morgan fingerprint density at radius 1 is 1.28 bits per heavy atom. The molecule has 154 valence electrons. The van der Waals surface area contributed by atoms with Crippen molar-refractivity contribution in [1.29, 1.82) is 0 Å². The molecule has 1 fully saturated rings. The number of halogens is 5. The van der Waals surface area contributed by atoms with E-state index in [9.17, 15) is 27.2 Å². The molecule has 1 aromatic heterocycles. The molecule has 1 aromatic carbocycles. The molecule has 1 saturated heterocycles. The minimum absolute atomic E-state index is 0.00854. The summed E-state index contributed by atoms with van der Waals surface area (Å²) < 4.78 is 52.9. The Hall–Kier alpha value is -2.68. The maximum atomic E-state index is 13.4. The molecule has 1 atom stereocenters. The first-order chi connectivity index (χ1) is 13.5. The highest BCUT2D eigenvalue weighted by Gasteiger charge is 2.41. The van der Waals surface area contributed by atoms with Crippen molar-refractivity contribution in [3.8, 4) is 0 Å². The molecule has 2 heterocycles. The average molecular weight is 430 g/mol. The summed E-state index contributed by atoms with van der Waals surface area (Å²) in [7, 11) is 1.41. The number of carbonyl (C=O) groups is 2. The number of nitrogens with zero attached hydrogens (tertiary/aromatic N) is 3. The van der Waals surface area contributed by atoms with Crippen LogP contribution in [0.1, 0.15) is 24.1 Å². The summed E-state index contributed by atoms with van der Waals surface area (Å²) in [6.07, 6.45) is -4.51. The number of alkyl halides is 3. The number of hydrogen-bond donors (Lipinski definition) is 0. The van der Waals surface area contributed by atoms with Gasteiger partial charge < -0.3 is 4.90 Å². The molecule has 3 rings (SSSR count). The first kappa shape index (κ1) is 21.0. The second kappa shape index (κ2) is 7.62. The van der Waals surface area contributed by atoms with Gasteiger partial charge in [-0.1, -0.05) is 11.6 Å². The number of rotatable bonds is 3. The molecule has 0 bridgehead atoms. The van der Waals surface area contributed by atoms with Crippen molar-refractivity contribution in [3.63, 3.8) is 0 Å². The van der Waals surface area contributed by atoms with E-state index in [4.69, 9.17) is 11.6 Å². The second-order valence-electron chi connectivity index (χ2n) is 6.67. The van der Waals surface area contributed by atoms with E-state index in [1.807, 2.05) is 0 Å². The highest BCUT2D eigenvalue weighted by atomic mass is 35.5. The minimum Gasteiger partial charge on any atom is -0.314 e. The van der Waals surface area contributed by atoms with Crippen molar-refractivity contribution in [3.05, 3.63) is 52.4 Å². The summed E-state index contributed by atoms with van der Waals surface area (Å²) in [4.78, 5) is 31.6. The molecule has 2 amide bonds. The second-order valence-corrected chi connectivity index (χ2v) is 7.07. The number of amides is 2. The molecule has 1 unspecified atom stereocenters. The predicted molar refractivity (Wildman–Crippen MR) is 99.3 cm³/mol. The summed E-state index contributed by atoms with van der Waals surface area (Å²) in [5, 5.41) is -0.184. The van der Waals surface area contributed by atoms with Gasteiger partial charge in [0, 0.05) is 24.8 Å². The largest absolute Gasteiger partial charge is 0.416 e. The lowest BCUT2D eigenvalue weighted by atomic mass is 10.1. The van der Waals surface area contributed by atoms with E-state index in [2.05, 4.69) is 4.98 Å². The van der Waals surface area contributed by atoms with Gasteiger partial charge in [-0.2, -0.15) is 13.2 Å². The number of carbonyl (C=O) groups excluding carboxylic acids is 2. The smallest absolute Gasteiger partial charge is 0.314 e. The predicted octanol–water partition coefficient (Wildman–Crippen LogP) is 4.36. The van der Waals surface area contributed by atoms with Gasteiger partial charge in [0.05, 0.1) is 10.6 Å². The van der Waals surface area contributed by atoms with Crippen molar-refractivity contribution in [2.24, 2.45) is 0 Å². The maximum Gasteiger partial charge on any atom is 0.416 e. The number of aryl methyl sites for hydroxylation is 1. The minimum atomic E-state index is -4.62. The van der Waals surface area contributed by atoms with Crippen LogP contribution in [-0.4, -0.2) is 29.9 Å². The average Bonchev–Trinajstić information content (AvgIpc) is 3.03. The van der Waals surface area contributed by atoms with Gasteiger partial charge in [-0.15, -0.1) is 0 Å². The third-order valence-electron chi connectivity index (χ3n) is 4.63. The number of benzene rings is 1. The standard InChI is InChI=1S/C19H16ClF4N3O2/c1-10-7-11(19(22,23)24)8-16(25-10)27-15(5-6-17(27)28)18(29)26(2)12-3-4-14(21)13(20)9-12/h3-4,7-9,15H,5-6H2,1-2H3. The zero-order chi connectivity index (χ0) is 21.5. The maximum absolute atomic E-state index is 13.4. The summed E-state index contributed by atoms with van der Waals surface area (Å²) in [6, 6.07) is 4.28. The fourth-order valence-corrected chi connectivity index (χ4v) is 3.36. The van der Waals surface area contributed by atoms with E-state index >= 15 is 0 Å². The summed E-state index contributed by atoms with van der Waals surface area (Å²) in [5.74, 6) is -1.93. The Labute approximate surface area is 168 Å². The molecule has 1 aliphatic rings. The van der Waals surface area contributed by atoms with E-state index < -0.39 is 35.4 Å². The highest BCUT2D eigenvalue weighted by molar-refractivity contribution is 6.31. The van der Waals surface area contributed by atoms with E-state index in [1.54, 1.807) is 0 Å². The monoisotopic (exact) mass is 429 g/mol. The van der Waals surface area contributed by atoms with Crippen LogP contribution in [0.15, 0.2) is 30.3 Å². The third-order valence-corrected chi connectivity index (χ3v) is 4.92. The number of pyridine rings is 1. The molecule has 0 spiro atoms. The van der Waals surface area contributed by atoms with Gasteiger partial charge in [0.1, 0.15) is 17.7 Å². The lowest BCUT2D eigenvalue weighted by molar-refractivity contribution is -0.137. The van der Waals surface area contributed by atoms with Crippen molar-refractivity contribution in [2.45, 2.75) is 32.0 Å². The van der Waals surface area contributed by atoms with Crippen LogP contribution in [0.3, 0.4) is 0 Å². The van der Waals surface area contributed by atoms with Crippen LogP contribution in [-0.2, 0) is 15.8 Å². The molecule has 5 nitrogen and oxygen atoms in total. The molecule has 0 saturated carbocycles. The van der Waals surface area contributed by atoms with Crippen LogP contribution in [0.4, 0.5) is 29.1 Å². The van der Waals surface area contributed by atoms with Gasteiger partial charge in [-0.3, -0.25) is 14.5 Å². The lowest BCUT2D eigenvalue weighted by Crippen LogP contribution is -2.46. The summed E-state index contributed by atoms with van der Waals surface area (Å²) >= 11 is 5.75. The van der Waals surface area contributed by atoms with Gasteiger partial charge in [0.25, 0.3) is 0 Å². The Morgan fingerprint density at radius 3 is 2.59 bits per heavy atom. The van der Waals surface area contributed by atoms with Gasteiger partial charge in [-0.25, -0.2) is 9.37 Å². The summed E-state index contributed by atoms with van der Waals surface area (Å²) in [5.41, 5.74) is -0.599. The van der Waals surface area contributed by atoms with Gasteiger partial charge in [-0.05, 0) is 43.7 Å². The van der Waals surface area contributed by atoms with Gasteiger partial charge in [0.15, 0.2) is 0 Å². The van der Waals surface area contributed by atoms with Crippen LogP contribution >= 0.6 is 11.6 Å². The van der Waals surface area contributed by atoms with Crippen molar-refractivity contribution >= 4 is 34.9 Å². The van der Waals surface area contributed by atoms with E-state index in [-0.39, 0.29) is 35.1 Å². The summed E-state index contributed by atoms with van der Waals surface area (Å²) in [6.45, 7) is 1.38. The molecule has 0 aliphatic carbocycles. The van der Waals surface area contributed by atoms with E-state index in [0.717, 1.165) is 23.1 Å². The van der Waals surface area contributed by atoms with Crippen LogP contribution in [0.5, 0.6) is 0 Å². The first-order valence-corrected chi connectivity index (χ1v) is 8.97. The molecule has 10 heteroatoms. The van der Waals surface area contributed by atoms with Crippen LogP contribution in [0.25, 0.3) is 0 Å². The fraction of sp³-hybridized carbons (Fsp3) is 0.316. The number of aromatic nitrogens is 1. The van der Waals surface area contributed by atoms with Crippen molar-refractivity contribution in [2.75, 3.05) is 16.8 Å². The third kappa shape index (κ3) is 4.19. The van der Waals surface area contributed by atoms with Crippen LogP contribution < -0.4 is 9.80 Å². The Morgan fingerprint density at radius 2 is 1.97 bits per heavy atom. The highest BCUT2D eigenvalue weighted by Crippen LogP contribution is 2.34. The molecule has 29 heavy (non-hydrogen) atoms. The normalized spacial score (nSPS) is 17.0. The van der Waals surface area contributed by atoms with Gasteiger partial charge in [0.2, 0.25) is 11.8 Å². The first-order valence-electron chi connectivity index (χ1n) is 8.59. The molecule has 1 aliphatic heterocycles. The number of hydrogen-bond acceptors (Lipinski definition) is 3. The molecule has 0 N–H and O–H groups in total. The van der Waals surface area contributed by atoms with Crippen LogP contribution in [0, 0.1) is 12.7 Å². The van der Waals surface area contributed by atoms with Gasteiger partial charge >= 0.3 is 6.18 Å². The Balaban J connectivity index is 1.95. The van der Waals surface area contributed by atoms with E-state index in [1.165, 1.54) is 31.0 Å². The molecule has 2 aromatic rings. The van der Waals surface area contributed by atoms with Crippen molar-refractivity contribution < 1.29 is 27.2 Å². The SMILES string of the molecule is Cc1cc(C(F)(F)F)cc(N2C(=O)CCC2C(=O)N(C)c2ccc(F)c(Cl)c2)n1. The quantitative estimate of drug-likeness (QED) is 0.681.